The van der Waals surface area contributed by atoms with E-state index in [0.717, 1.165) is 0 Å². The summed E-state index contributed by atoms with van der Waals surface area (Å²) in [5.74, 6) is -0.326. The van der Waals surface area contributed by atoms with Crippen molar-refractivity contribution in [2.45, 2.75) is 31.2 Å². The van der Waals surface area contributed by atoms with Crippen molar-refractivity contribution in [3.05, 3.63) is 24.3 Å². The first-order valence-corrected chi connectivity index (χ1v) is 7.15. The Bertz CT molecular complexity index is 527. The number of hydrogen-bond acceptors (Lipinski definition) is 4. The molecule has 1 rings (SSSR count). The number of anilines is 1. The summed E-state index contributed by atoms with van der Waals surface area (Å²) >= 11 is 0. The van der Waals surface area contributed by atoms with Gasteiger partial charge in [-0.3, -0.25) is 4.79 Å². The molecule has 5 nitrogen and oxygen atoms in total. The number of nitrogens with two attached hydrogens (primary N) is 1. The van der Waals surface area contributed by atoms with E-state index in [-0.39, 0.29) is 16.6 Å². The first-order valence-electron chi connectivity index (χ1n) is 5.49. The van der Waals surface area contributed by atoms with E-state index in [0.29, 0.717) is 5.69 Å². The maximum Gasteiger partial charge on any atom is 0.221 e. The van der Waals surface area contributed by atoms with Gasteiger partial charge in [-0.15, -0.1) is 0 Å². The predicted octanol–water partition coefficient (Wildman–Crippen LogP) is 1.16. The van der Waals surface area contributed by atoms with Gasteiger partial charge in [0.15, 0.2) is 9.84 Å². The molecule has 0 aliphatic rings. The minimum atomic E-state index is -3.40. The van der Waals surface area contributed by atoms with Crippen LogP contribution in [0.2, 0.25) is 0 Å². The fourth-order valence-electron chi connectivity index (χ4n) is 1.52. The maximum absolute atomic E-state index is 12.0. The second kappa shape index (κ2) is 5.07. The Morgan fingerprint density at radius 2 is 1.78 bits per heavy atom. The molecular formula is C12H18N2O3S. The third-order valence-corrected chi connectivity index (χ3v) is 4.21. The molecule has 0 bridgehead atoms. The van der Waals surface area contributed by atoms with E-state index in [1.807, 2.05) is 0 Å². The smallest absolute Gasteiger partial charge is 0.221 e. The normalized spacial score (nSPS) is 12.2. The second-order valence-electron chi connectivity index (χ2n) is 4.95. The van der Waals surface area contributed by atoms with Crippen molar-refractivity contribution in [3.8, 4) is 0 Å². The second-order valence-corrected chi connectivity index (χ2v) is 6.94. The minimum Gasteiger partial charge on any atom is -0.326 e. The van der Waals surface area contributed by atoms with E-state index in [2.05, 4.69) is 5.32 Å². The van der Waals surface area contributed by atoms with Gasteiger partial charge in [0.05, 0.1) is 10.6 Å². The highest BCUT2D eigenvalue weighted by atomic mass is 32.2. The molecular weight excluding hydrogens is 252 g/mol. The van der Waals surface area contributed by atoms with Crippen molar-refractivity contribution >= 4 is 21.4 Å². The largest absolute Gasteiger partial charge is 0.326 e. The van der Waals surface area contributed by atoms with Gasteiger partial charge in [-0.1, -0.05) is 0 Å². The van der Waals surface area contributed by atoms with Crippen LogP contribution in [0, 0.1) is 0 Å². The molecule has 1 amide bonds. The zero-order chi connectivity index (χ0) is 14.0. The number of sulfone groups is 1. The molecule has 6 heteroatoms. The Morgan fingerprint density at radius 1 is 1.28 bits per heavy atom. The summed E-state index contributed by atoms with van der Waals surface area (Å²) in [6.07, 6.45) is 0. The Morgan fingerprint density at radius 3 is 2.17 bits per heavy atom. The summed E-state index contributed by atoms with van der Waals surface area (Å²) in [7, 11) is -3.40. The Kier molecular flexibility index (Phi) is 4.13. The van der Waals surface area contributed by atoms with Crippen LogP contribution in [0.3, 0.4) is 0 Å². The Hall–Kier alpha value is -1.40. The standard InChI is InChI=1S/C12H18N2O3S/c1-9(15)14-10-4-6-11(7-5-10)18(16,17)8-12(2,3)13/h4-7H,8,13H2,1-3H3,(H,14,15). The molecule has 0 heterocycles. The van der Waals surface area contributed by atoms with Crippen molar-refractivity contribution < 1.29 is 13.2 Å². The highest BCUT2D eigenvalue weighted by molar-refractivity contribution is 7.91. The molecule has 0 aliphatic carbocycles. The summed E-state index contributed by atoms with van der Waals surface area (Å²) in [5.41, 5.74) is 5.50. The number of hydrogen-bond donors (Lipinski definition) is 2. The molecule has 0 aromatic heterocycles. The van der Waals surface area contributed by atoms with Crippen LogP contribution < -0.4 is 11.1 Å². The Balaban J connectivity index is 2.94. The summed E-state index contributed by atoms with van der Waals surface area (Å²) in [6.45, 7) is 4.72. The first kappa shape index (κ1) is 14.7. The first-order chi connectivity index (χ1) is 8.10. The van der Waals surface area contributed by atoms with Gasteiger partial charge in [0.1, 0.15) is 0 Å². The molecule has 18 heavy (non-hydrogen) atoms. The monoisotopic (exact) mass is 270 g/mol. The summed E-state index contributed by atoms with van der Waals surface area (Å²) < 4.78 is 24.0. The number of nitrogens with one attached hydrogen (secondary N) is 1. The van der Waals surface area contributed by atoms with Crippen LogP contribution in [0.1, 0.15) is 20.8 Å². The molecule has 0 saturated carbocycles. The molecule has 3 N–H and O–H groups in total. The van der Waals surface area contributed by atoms with Gasteiger partial charge in [0.25, 0.3) is 0 Å². The lowest BCUT2D eigenvalue weighted by atomic mass is 10.1. The number of carbonyl (C=O) groups is 1. The van der Waals surface area contributed by atoms with Crippen LogP contribution in [-0.2, 0) is 14.6 Å². The van der Waals surface area contributed by atoms with Gasteiger partial charge >= 0.3 is 0 Å². The van der Waals surface area contributed by atoms with E-state index in [1.165, 1.54) is 19.1 Å². The van der Waals surface area contributed by atoms with Gasteiger partial charge in [0.2, 0.25) is 5.91 Å². The van der Waals surface area contributed by atoms with E-state index in [4.69, 9.17) is 5.73 Å². The molecule has 1 aromatic carbocycles. The third-order valence-electron chi connectivity index (χ3n) is 2.10. The van der Waals surface area contributed by atoms with Gasteiger partial charge in [-0.05, 0) is 38.1 Å². The van der Waals surface area contributed by atoms with Gasteiger partial charge in [0, 0.05) is 18.2 Å². The quantitative estimate of drug-likeness (QED) is 0.859. The lowest BCUT2D eigenvalue weighted by Crippen LogP contribution is -2.39. The minimum absolute atomic E-state index is 0.126. The number of rotatable bonds is 4. The number of benzene rings is 1. The van der Waals surface area contributed by atoms with E-state index < -0.39 is 15.4 Å². The van der Waals surface area contributed by atoms with Crippen LogP contribution >= 0.6 is 0 Å². The molecule has 0 radical (unpaired) electrons. The fourth-order valence-corrected chi connectivity index (χ4v) is 3.22. The molecule has 0 unspecified atom stereocenters. The summed E-state index contributed by atoms with van der Waals surface area (Å²) in [5, 5.41) is 2.57. The van der Waals surface area contributed by atoms with Gasteiger partial charge < -0.3 is 11.1 Å². The van der Waals surface area contributed by atoms with Gasteiger partial charge in [-0.2, -0.15) is 0 Å². The molecule has 0 saturated heterocycles. The number of carbonyl (C=O) groups excluding carboxylic acids is 1. The van der Waals surface area contributed by atoms with Crippen LogP contribution in [0.5, 0.6) is 0 Å². The zero-order valence-electron chi connectivity index (χ0n) is 10.7. The van der Waals surface area contributed by atoms with Gasteiger partial charge in [-0.25, -0.2) is 8.42 Å². The van der Waals surface area contributed by atoms with Crippen molar-refractivity contribution in [2.24, 2.45) is 5.73 Å². The molecule has 1 aromatic rings. The van der Waals surface area contributed by atoms with Crippen LogP contribution in [0.15, 0.2) is 29.2 Å². The molecule has 0 atom stereocenters. The van der Waals surface area contributed by atoms with Crippen molar-refractivity contribution in [2.75, 3.05) is 11.1 Å². The third kappa shape index (κ3) is 4.46. The molecule has 0 fully saturated rings. The molecule has 0 spiro atoms. The van der Waals surface area contributed by atoms with Crippen molar-refractivity contribution in [3.63, 3.8) is 0 Å². The predicted molar refractivity (Wildman–Crippen MR) is 71.1 cm³/mol. The summed E-state index contributed by atoms with van der Waals surface area (Å²) in [6, 6.07) is 6.04. The topological polar surface area (TPSA) is 89.3 Å². The fraction of sp³-hybridized carbons (Fsp3) is 0.417. The zero-order valence-corrected chi connectivity index (χ0v) is 11.5. The lowest BCUT2D eigenvalue weighted by Gasteiger charge is -2.18. The molecule has 0 aliphatic heterocycles. The van der Waals surface area contributed by atoms with Crippen LogP contribution in [0.4, 0.5) is 5.69 Å². The average Bonchev–Trinajstić information content (AvgIpc) is 2.13. The highest BCUT2D eigenvalue weighted by Gasteiger charge is 2.23. The van der Waals surface area contributed by atoms with Crippen molar-refractivity contribution in [1.82, 2.24) is 0 Å². The van der Waals surface area contributed by atoms with Crippen LogP contribution in [-0.4, -0.2) is 25.6 Å². The average molecular weight is 270 g/mol. The van der Waals surface area contributed by atoms with Crippen molar-refractivity contribution in [1.29, 1.82) is 0 Å². The number of amides is 1. The van der Waals surface area contributed by atoms with Crippen LogP contribution in [0.25, 0.3) is 0 Å². The van der Waals surface area contributed by atoms with E-state index in [1.54, 1.807) is 26.0 Å². The van der Waals surface area contributed by atoms with E-state index >= 15 is 0 Å². The Labute approximate surface area is 107 Å². The maximum atomic E-state index is 12.0. The summed E-state index contributed by atoms with van der Waals surface area (Å²) in [4.78, 5) is 11.0. The SMILES string of the molecule is CC(=O)Nc1ccc(S(=O)(=O)CC(C)(C)N)cc1. The molecule has 100 valence electrons. The van der Waals surface area contributed by atoms with E-state index in [9.17, 15) is 13.2 Å². The lowest BCUT2D eigenvalue weighted by molar-refractivity contribution is -0.114. The highest BCUT2D eigenvalue weighted by Crippen LogP contribution is 2.18.